The van der Waals surface area contributed by atoms with E-state index in [9.17, 15) is 4.79 Å². The SMILES string of the molecule is O=c1[nH]cc(Br)n1C1CCCCC1. The van der Waals surface area contributed by atoms with Gasteiger partial charge in [0, 0.05) is 12.2 Å². The third kappa shape index (κ3) is 1.73. The van der Waals surface area contributed by atoms with Crippen molar-refractivity contribution in [1.29, 1.82) is 0 Å². The Bertz CT molecular complexity index is 336. The Morgan fingerprint density at radius 3 is 2.62 bits per heavy atom. The summed E-state index contributed by atoms with van der Waals surface area (Å²) in [5.41, 5.74) is 0.0128. The first-order valence-corrected chi connectivity index (χ1v) is 5.54. The van der Waals surface area contributed by atoms with Gasteiger partial charge in [0.25, 0.3) is 0 Å². The molecule has 1 N–H and O–H groups in total. The number of aromatic nitrogens is 2. The fraction of sp³-hybridized carbons (Fsp3) is 0.667. The van der Waals surface area contributed by atoms with Crippen LogP contribution in [0.4, 0.5) is 0 Å². The van der Waals surface area contributed by atoms with Crippen molar-refractivity contribution in [2.45, 2.75) is 38.1 Å². The number of rotatable bonds is 1. The van der Waals surface area contributed by atoms with Crippen LogP contribution in [0.2, 0.25) is 0 Å². The topological polar surface area (TPSA) is 37.8 Å². The van der Waals surface area contributed by atoms with Crippen LogP contribution in [0.25, 0.3) is 0 Å². The minimum Gasteiger partial charge on any atom is -0.312 e. The summed E-state index contributed by atoms with van der Waals surface area (Å²) in [6.07, 6.45) is 7.79. The number of nitrogens with one attached hydrogen (secondary N) is 1. The summed E-state index contributed by atoms with van der Waals surface area (Å²) in [6.45, 7) is 0. The summed E-state index contributed by atoms with van der Waals surface area (Å²) in [5, 5.41) is 0. The van der Waals surface area contributed by atoms with Gasteiger partial charge in [-0.1, -0.05) is 19.3 Å². The first kappa shape index (κ1) is 9.06. The van der Waals surface area contributed by atoms with Gasteiger partial charge in [0.05, 0.1) is 0 Å². The van der Waals surface area contributed by atoms with E-state index in [-0.39, 0.29) is 5.69 Å². The van der Waals surface area contributed by atoms with Crippen molar-refractivity contribution >= 4 is 15.9 Å². The van der Waals surface area contributed by atoms with Crippen molar-refractivity contribution < 1.29 is 0 Å². The van der Waals surface area contributed by atoms with Gasteiger partial charge in [0.2, 0.25) is 0 Å². The number of halogens is 1. The number of nitrogens with zero attached hydrogens (tertiary/aromatic N) is 1. The Balaban J connectivity index is 2.27. The Hall–Kier alpha value is -0.510. The Morgan fingerprint density at radius 1 is 1.38 bits per heavy atom. The lowest BCUT2D eigenvalue weighted by Gasteiger charge is -2.22. The molecule has 0 aromatic carbocycles. The van der Waals surface area contributed by atoms with Crippen molar-refractivity contribution in [1.82, 2.24) is 9.55 Å². The van der Waals surface area contributed by atoms with Crippen molar-refractivity contribution in [2.24, 2.45) is 0 Å². The Morgan fingerprint density at radius 2 is 2.08 bits per heavy atom. The van der Waals surface area contributed by atoms with Crippen molar-refractivity contribution in [3.8, 4) is 0 Å². The highest BCUT2D eigenvalue weighted by atomic mass is 79.9. The van der Waals surface area contributed by atoms with Crippen LogP contribution < -0.4 is 5.69 Å². The van der Waals surface area contributed by atoms with E-state index >= 15 is 0 Å². The molecule has 0 radical (unpaired) electrons. The summed E-state index contributed by atoms with van der Waals surface area (Å²) in [7, 11) is 0. The second-order valence-electron chi connectivity index (χ2n) is 3.58. The standard InChI is InChI=1S/C9H13BrN2O/c10-8-6-11-9(13)12(8)7-4-2-1-3-5-7/h6-7H,1-5H2,(H,11,13). The summed E-state index contributed by atoms with van der Waals surface area (Å²) >= 11 is 3.38. The van der Waals surface area contributed by atoms with Crippen LogP contribution in [0.5, 0.6) is 0 Å². The minimum absolute atomic E-state index is 0.0128. The first-order valence-electron chi connectivity index (χ1n) is 4.74. The number of hydrogen-bond donors (Lipinski definition) is 1. The average molecular weight is 245 g/mol. The lowest BCUT2D eigenvalue weighted by atomic mass is 9.95. The first-order chi connectivity index (χ1) is 6.29. The Labute approximate surface area is 85.3 Å². The third-order valence-corrected chi connectivity index (χ3v) is 3.31. The van der Waals surface area contributed by atoms with Gasteiger partial charge in [0.1, 0.15) is 4.60 Å². The highest BCUT2D eigenvalue weighted by molar-refractivity contribution is 9.10. The maximum absolute atomic E-state index is 11.4. The molecule has 1 aromatic rings. The van der Waals surface area contributed by atoms with Gasteiger partial charge >= 0.3 is 5.69 Å². The van der Waals surface area contributed by atoms with E-state index in [1.165, 1.54) is 19.3 Å². The van der Waals surface area contributed by atoms with Gasteiger partial charge in [-0.3, -0.25) is 4.57 Å². The second-order valence-corrected chi connectivity index (χ2v) is 4.39. The molecular formula is C9H13BrN2O. The molecule has 0 unspecified atom stereocenters. The molecule has 2 rings (SSSR count). The van der Waals surface area contributed by atoms with Crippen LogP contribution >= 0.6 is 15.9 Å². The highest BCUT2D eigenvalue weighted by Crippen LogP contribution is 2.28. The fourth-order valence-corrected chi connectivity index (χ4v) is 2.60. The van der Waals surface area contributed by atoms with Gasteiger partial charge in [0.15, 0.2) is 0 Å². The highest BCUT2D eigenvalue weighted by Gasteiger charge is 2.18. The predicted molar refractivity (Wildman–Crippen MR) is 54.9 cm³/mol. The Kier molecular flexibility index (Phi) is 2.58. The maximum Gasteiger partial charge on any atom is 0.326 e. The molecule has 1 heterocycles. The van der Waals surface area contributed by atoms with Crippen molar-refractivity contribution in [2.75, 3.05) is 0 Å². The molecule has 13 heavy (non-hydrogen) atoms. The number of H-pyrrole nitrogens is 1. The van der Waals surface area contributed by atoms with Crippen LogP contribution in [0.1, 0.15) is 38.1 Å². The minimum atomic E-state index is 0.0128. The van der Waals surface area contributed by atoms with Gasteiger partial charge in [-0.05, 0) is 28.8 Å². The molecule has 1 fully saturated rings. The summed E-state index contributed by atoms with van der Waals surface area (Å²) < 4.78 is 2.71. The number of hydrogen-bond acceptors (Lipinski definition) is 1. The average Bonchev–Trinajstić information content (AvgIpc) is 2.48. The molecular weight excluding hydrogens is 232 g/mol. The third-order valence-electron chi connectivity index (χ3n) is 2.70. The zero-order valence-corrected chi connectivity index (χ0v) is 9.01. The lowest BCUT2D eigenvalue weighted by Crippen LogP contribution is -2.24. The van der Waals surface area contributed by atoms with Gasteiger partial charge in [-0.2, -0.15) is 0 Å². The van der Waals surface area contributed by atoms with Crippen molar-refractivity contribution in [3.63, 3.8) is 0 Å². The van der Waals surface area contributed by atoms with E-state index in [1.54, 1.807) is 6.20 Å². The van der Waals surface area contributed by atoms with E-state index in [4.69, 9.17) is 0 Å². The molecule has 0 spiro atoms. The molecule has 1 aromatic heterocycles. The largest absolute Gasteiger partial charge is 0.326 e. The molecule has 0 bridgehead atoms. The van der Waals surface area contributed by atoms with Crippen LogP contribution in [-0.4, -0.2) is 9.55 Å². The van der Waals surface area contributed by atoms with E-state index in [0.29, 0.717) is 6.04 Å². The van der Waals surface area contributed by atoms with Crippen LogP contribution in [-0.2, 0) is 0 Å². The van der Waals surface area contributed by atoms with E-state index < -0.39 is 0 Å². The van der Waals surface area contributed by atoms with E-state index in [1.807, 2.05) is 4.57 Å². The monoisotopic (exact) mass is 244 g/mol. The molecule has 0 saturated heterocycles. The number of aromatic amines is 1. The van der Waals surface area contributed by atoms with Crippen LogP contribution in [0.15, 0.2) is 15.6 Å². The predicted octanol–water partition coefficient (Wildman–Crippen LogP) is 2.44. The maximum atomic E-state index is 11.4. The van der Waals surface area contributed by atoms with Gasteiger partial charge in [-0.25, -0.2) is 4.79 Å². The van der Waals surface area contributed by atoms with Gasteiger partial charge < -0.3 is 4.98 Å². The molecule has 0 amide bonds. The second kappa shape index (κ2) is 3.70. The zero-order valence-electron chi connectivity index (χ0n) is 7.42. The van der Waals surface area contributed by atoms with E-state index in [0.717, 1.165) is 17.4 Å². The molecule has 72 valence electrons. The van der Waals surface area contributed by atoms with Gasteiger partial charge in [-0.15, -0.1) is 0 Å². The number of imidazole rings is 1. The van der Waals surface area contributed by atoms with Crippen molar-refractivity contribution in [3.05, 3.63) is 21.3 Å². The molecule has 1 aliphatic carbocycles. The van der Waals surface area contributed by atoms with Crippen LogP contribution in [0, 0.1) is 0 Å². The molecule has 0 aliphatic heterocycles. The quantitative estimate of drug-likeness (QED) is 0.810. The normalized spacial score (nSPS) is 19.2. The molecule has 1 aliphatic rings. The van der Waals surface area contributed by atoms with Crippen LogP contribution in [0.3, 0.4) is 0 Å². The lowest BCUT2D eigenvalue weighted by molar-refractivity contribution is 0.343. The fourth-order valence-electron chi connectivity index (χ4n) is 2.04. The summed E-state index contributed by atoms with van der Waals surface area (Å²) in [4.78, 5) is 14.1. The van der Waals surface area contributed by atoms with E-state index in [2.05, 4.69) is 20.9 Å². The zero-order chi connectivity index (χ0) is 9.26. The molecule has 1 saturated carbocycles. The smallest absolute Gasteiger partial charge is 0.312 e. The molecule has 0 atom stereocenters. The molecule has 3 nitrogen and oxygen atoms in total. The molecule has 4 heteroatoms. The summed E-state index contributed by atoms with van der Waals surface area (Å²) in [5.74, 6) is 0. The summed E-state index contributed by atoms with van der Waals surface area (Å²) in [6, 6.07) is 0.405.